The quantitative estimate of drug-likeness (QED) is 0.728. The minimum Gasteiger partial charge on any atom is -0.289 e. The highest BCUT2D eigenvalue weighted by Gasteiger charge is 2.22. The normalized spacial score (nSPS) is 20.1. The maximum absolute atomic E-state index is 12.2. The first-order valence-corrected chi connectivity index (χ1v) is 7.62. The summed E-state index contributed by atoms with van der Waals surface area (Å²) in [5.41, 5.74) is 1.89. The molecule has 2 aromatic rings. The van der Waals surface area contributed by atoms with Crippen molar-refractivity contribution in [3.63, 3.8) is 0 Å². The molecule has 1 saturated carbocycles. The monoisotopic (exact) mass is 272 g/mol. The van der Waals surface area contributed by atoms with Crippen molar-refractivity contribution in [2.45, 2.75) is 12.8 Å². The standard InChI is InChI=1S/C15H12OS2/c16-15-11(9-13-3-1-7-17-13)5-6-12(15)10-14-4-2-8-18-14/h1-4,7-10H,5-6H2/b11-9-,12-10+. The molecule has 1 aliphatic rings. The van der Waals surface area contributed by atoms with Crippen molar-refractivity contribution in [2.75, 3.05) is 0 Å². The van der Waals surface area contributed by atoms with Crippen LogP contribution >= 0.6 is 22.7 Å². The average Bonchev–Trinajstić information content (AvgIpc) is 3.08. The van der Waals surface area contributed by atoms with Gasteiger partial charge in [0.2, 0.25) is 0 Å². The number of carbonyl (C=O) groups is 1. The Morgan fingerprint density at radius 3 is 1.78 bits per heavy atom. The molecule has 3 rings (SSSR count). The maximum atomic E-state index is 12.2. The minimum absolute atomic E-state index is 0.219. The van der Waals surface area contributed by atoms with E-state index in [0.29, 0.717) is 0 Å². The lowest BCUT2D eigenvalue weighted by Gasteiger charge is -1.93. The Morgan fingerprint density at radius 2 is 1.39 bits per heavy atom. The van der Waals surface area contributed by atoms with E-state index < -0.39 is 0 Å². The van der Waals surface area contributed by atoms with Gasteiger partial charge < -0.3 is 0 Å². The van der Waals surface area contributed by atoms with Gasteiger partial charge in [0.05, 0.1) is 0 Å². The lowest BCUT2D eigenvalue weighted by molar-refractivity contribution is -0.111. The van der Waals surface area contributed by atoms with E-state index in [1.807, 2.05) is 47.2 Å². The number of ketones is 1. The van der Waals surface area contributed by atoms with Gasteiger partial charge in [0.1, 0.15) is 0 Å². The third kappa shape index (κ3) is 2.37. The summed E-state index contributed by atoms with van der Waals surface area (Å²) in [5, 5.41) is 4.07. The smallest absolute Gasteiger partial charge is 0.185 e. The summed E-state index contributed by atoms with van der Waals surface area (Å²) in [7, 11) is 0. The van der Waals surface area contributed by atoms with E-state index in [-0.39, 0.29) is 5.78 Å². The van der Waals surface area contributed by atoms with Crippen molar-refractivity contribution in [1.82, 2.24) is 0 Å². The van der Waals surface area contributed by atoms with Gasteiger partial charge in [-0.05, 0) is 47.9 Å². The van der Waals surface area contributed by atoms with Crippen LogP contribution in [0.5, 0.6) is 0 Å². The van der Waals surface area contributed by atoms with Gasteiger partial charge in [-0.25, -0.2) is 0 Å². The molecule has 3 heteroatoms. The molecule has 90 valence electrons. The van der Waals surface area contributed by atoms with Crippen LogP contribution in [0.1, 0.15) is 22.6 Å². The Balaban J connectivity index is 1.85. The molecule has 2 heterocycles. The molecule has 0 radical (unpaired) electrons. The van der Waals surface area contributed by atoms with E-state index in [4.69, 9.17) is 0 Å². The largest absolute Gasteiger partial charge is 0.289 e. The average molecular weight is 272 g/mol. The Morgan fingerprint density at radius 1 is 0.889 bits per heavy atom. The van der Waals surface area contributed by atoms with Crippen LogP contribution in [0.25, 0.3) is 12.2 Å². The molecule has 0 N–H and O–H groups in total. The number of rotatable bonds is 2. The molecule has 18 heavy (non-hydrogen) atoms. The SMILES string of the molecule is O=C1/C(=C\c2cccs2)CC/C1=C\c1cccs1. The van der Waals surface area contributed by atoms with Gasteiger partial charge in [-0.3, -0.25) is 4.79 Å². The molecule has 1 nitrogen and oxygen atoms in total. The number of thiophene rings is 2. The van der Waals surface area contributed by atoms with Gasteiger partial charge in [-0.15, -0.1) is 22.7 Å². The summed E-state index contributed by atoms with van der Waals surface area (Å²) in [6.07, 6.45) is 5.80. The highest BCUT2D eigenvalue weighted by atomic mass is 32.1. The topological polar surface area (TPSA) is 17.1 Å². The highest BCUT2D eigenvalue weighted by Crippen LogP contribution is 2.30. The van der Waals surface area contributed by atoms with E-state index >= 15 is 0 Å². The fourth-order valence-corrected chi connectivity index (χ4v) is 3.43. The van der Waals surface area contributed by atoms with E-state index in [1.165, 1.54) is 0 Å². The lowest BCUT2D eigenvalue weighted by Crippen LogP contribution is -1.94. The van der Waals surface area contributed by atoms with Crippen LogP contribution in [-0.4, -0.2) is 5.78 Å². The molecular formula is C15H12OS2. The number of hydrogen-bond donors (Lipinski definition) is 0. The molecule has 0 spiro atoms. The van der Waals surface area contributed by atoms with Crippen molar-refractivity contribution in [3.05, 3.63) is 55.9 Å². The molecule has 0 atom stereocenters. The predicted molar refractivity (Wildman–Crippen MR) is 78.8 cm³/mol. The van der Waals surface area contributed by atoms with Crippen LogP contribution in [0.2, 0.25) is 0 Å². The Bertz CT molecular complexity index is 547. The number of carbonyl (C=O) groups excluding carboxylic acids is 1. The summed E-state index contributed by atoms with van der Waals surface area (Å²) in [6.45, 7) is 0. The summed E-state index contributed by atoms with van der Waals surface area (Å²) >= 11 is 3.34. The molecule has 0 aromatic carbocycles. The Kier molecular flexibility index (Phi) is 3.26. The van der Waals surface area contributed by atoms with E-state index in [1.54, 1.807) is 22.7 Å². The molecule has 0 bridgehead atoms. The summed E-state index contributed by atoms with van der Waals surface area (Å²) < 4.78 is 0. The van der Waals surface area contributed by atoms with E-state index in [0.717, 1.165) is 33.7 Å². The summed E-state index contributed by atoms with van der Waals surface area (Å²) in [5.74, 6) is 0.219. The number of Topliss-reactive ketones (excluding diaryl/α,β-unsaturated/α-hetero) is 1. The first-order valence-electron chi connectivity index (χ1n) is 5.86. The van der Waals surface area contributed by atoms with Crippen molar-refractivity contribution in [1.29, 1.82) is 0 Å². The Labute approximate surface area is 114 Å². The highest BCUT2D eigenvalue weighted by molar-refractivity contribution is 7.11. The van der Waals surface area contributed by atoms with Gasteiger partial charge in [-0.2, -0.15) is 0 Å². The predicted octanol–water partition coefficient (Wildman–Crippen LogP) is 4.64. The molecule has 0 unspecified atom stereocenters. The van der Waals surface area contributed by atoms with Crippen LogP contribution in [0.15, 0.2) is 46.2 Å². The zero-order chi connectivity index (χ0) is 12.4. The third-order valence-corrected chi connectivity index (χ3v) is 4.60. The molecule has 1 aliphatic carbocycles. The van der Waals surface area contributed by atoms with Gasteiger partial charge in [0.25, 0.3) is 0 Å². The second-order valence-electron chi connectivity index (χ2n) is 4.20. The zero-order valence-electron chi connectivity index (χ0n) is 9.76. The van der Waals surface area contributed by atoms with E-state index in [9.17, 15) is 4.79 Å². The fourth-order valence-electron chi connectivity index (χ4n) is 2.07. The second-order valence-corrected chi connectivity index (χ2v) is 6.16. The summed E-state index contributed by atoms with van der Waals surface area (Å²) in [6, 6.07) is 8.12. The molecule has 0 amide bonds. The summed E-state index contributed by atoms with van der Waals surface area (Å²) in [4.78, 5) is 14.6. The van der Waals surface area contributed by atoms with Gasteiger partial charge >= 0.3 is 0 Å². The van der Waals surface area contributed by atoms with Crippen LogP contribution in [-0.2, 0) is 4.79 Å². The molecular weight excluding hydrogens is 260 g/mol. The molecule has 0 saturated heterocycles. The molecule has 0 aliphatic heterocycles. The fraction of sp³-hybridized carbons (Fsp3) is 0.133. The number of hydrogen-bond acceptors (Lipinski definition) is 3. The van der Waals surface area contributed by atoms with Crippen molar-refractivity contribution in [2.24, 2.45) is 0 Å². The van der Waals surface area contributed by atoms with Crippen LogP contribution in [0.3, 0.4) is 0 Å². The first-order chi connectivity index (χ1) is 8.83. The van der Waals surface area contributed by atoms with Crippen molar-refractivity contribution in [3.8, 4) is 0 Å². The van der Waals surface area contributed by atoms with Gasteiger partial charge in [-0.1, -0.05) is 12.1 Å². The third-order valence-electron chi connectivity index (χ3n) is 2.97. The van der Waals surface area contributed by atoms with Gasteiger partial charge in [0.15, 0.2) is 5.78 Å². The van der Waals surface area contributed by atoms with E-state index in [2.05, 4.69) is 0 Å². The zero-order valence-corrected chi connectivity index (χ0v) is 11.4. The molecule has 1 fully saturated rings. The molecule has 2 aromatic heterocycles. The van der Waals surface area contributed by atoms with Crippen molar-refractivity contribution >= 4 is 40.6 Å². The first kappa shape index (κ1) is 11.6. The Hall–Kier alpha value is -1.45. The van der Waals surface area contributed by atoms with Crippen LogP contribution in [0.4, 0.5) is 0 Å². The lowest BCUT2D eigenvalue weighted by atomic mass is 10.1. The van der Waals surface area contributed by atoms with Crippen LogP contribution < -0.4 is 0 Å². The second kappa shape index (κ2) is 5.04. The van der Waals surface area contributed by atoms with Gasteiger partial charge in [0, 0.05) is 20.9 Å². The minimum atomic E-state index is 0.219. The van der Waals surface area contributed by atoms with Crippen LogP contribution in [0, 0.1) is 0 Å². The maximum Gasteiger partial charge on any atom is 0.185 e. The van der Waals surface area contributed by atoms with Crippen molar-refractivity contribution < 1.29 is 4.79 Å². The number of allylic oxidation sites excluding steroid dienone is 2.